The molecule has 1 N–H and O–H groups in total. The maximum atomic E-state index is 4.02. The van der Waals surface area contributed by atoms with Crippen molar-refractivity contribution in [2.24, 2.45) is 0 Å². The van der Waals surface area contributed by atoms with Gasteiger partial charge in [0, 0.05) is 29.3 Å². The first-order chi connectivity index (χ1) is 8.81. The molecule has 0 aliphatic heterocycles. The molecule has 0 spiro atoms. The third-order valence-electron chi connectivity index (χ3n) is 2.80. The standard InChI is InChI=1S/C16H18N2/c1-3-4-7-15-13(2)6-5-8-16(15)18-14-9-11-17-12-10-14/h4-12H,3H2,1-2H3,(H,17,18)/b7-4-. The highest BCUT2D eigenvalue weighted by Crippen LogP contribution is 2.24. The average molecular weight is 238 g/mol. The van der Waals surface area contributed by atoms with Gasteiger partial charge in [-0.15, -0.1) is 0 Å². The average Bonchev–Trinajstić information content (AvgIpc) is 2.39. The lowest BCUT2D eigenvalue weighted by molar-refractivity contribution is 1.23. The van der Waals surface area contributed by atoms with Crippen LogP contribution in [0.2, 0.25) is 0 Å². The molecule has 0 atom stereocenters. The summed E-state index contributed by atoms with van der Waals surface area (Å²) in [6.45, 7) is 4.28. The van der Waals surface area contributed by atoms with E-state index in [1.54, 1.807) is 12.4 Å². The molecule has 0 aliphatic rings. The Labute approximate surface area is 108 Å². The minimum Gasteiger partial charge on any atom is -0.355 e. The number of rotatable bonds is 4. The van der Waals surface area contributed by atoms with Crippen molar-refractivity contribution in [3.63, 3.8) is 0 Å². The summed E-state index contributed by atoms with van der Waals surface area (Å²) in [6, 6.07) is 10.2. The zero-order valence-corrected chi connectivity index (χ0v) is 10.9. The van der Waals surface area contributed by atoms with Crippen LogP contribution in [-0.2, 0) is 0 Å². The van der Waals surface area contributed by atoms with Crippen molar-refractivity contribution in [1.82, 2.24) is 4.98 Å². The smallest absolute Gasteiger partial charge is 0.0460 e. The molecule has 0 radical (unpaired) electrons. The summed E-state index contributed by atoms with van der Waals surface area (Å²) in [5.41, 5.74) is 4.71. The molecule has 0 amide bonds. The van der Waals surface area contributed by atoms with E-state index in [9.17, 15) is 0 Å². The molecule has 92 valence electrons. The molecule has 0 unspecified atom stereocenters. The van der Waals surface area contributed by atoms with Crippen LogP contribution in [0.25, 0.3) is 6.08 Å². The monoisotopic (exact) mass is 238 g/mol. The first-order valence-corrected chi connectivity index (χ1v) is 6.24. The van der Waals surface area contributed by atoms with E-state index in [4.69, 9.17) is 0 Å². The van der Waals surface area contributed by atoms with E-state index >= 15 is 0 Å². The van der Waals surface area contributed by atoms with Gasteiger partial charge in [0.25, 0.3) is 0 Å². The highest BCUT2D eigenvalue weighted by atomic mass is 14.9. The lowest BCUT2D eigenvalue weighted by Crippen LogP contribution is -1.94. The number of nitrogens with zero attached hydrogens (tertiary/aromatic N) is 1. The van der Waals surface area contributed by atoms with Gasteiger partial charge in [0.2, 0.25) is 0 Å². The van der Waals surface area contributed by atoms with Gasteiger partial charge in [-0.2, -0.15) is 0 Å². The van der Waals surface area contributed by atoms with Crippen LogP contribution in [0, 0.1) is 6.92 Å². The summed E-state index contributed by atoms with van der Waals surface area (Å²) < 4.78 is 0. The van der Waals surface area contributed by atoms with Crippen molar-refractivity contribution in [3.8, 4) is 0 Å². The number of nitrogens with one attached hydrogen (secondary N) is 1. The van der Waals surface area contributed by atoms with Gasteiger partial charge < -0.3 is 5.32 Å². The number of hydrogen-bond donors (Lipinski definition) is 1. The second-order valence-electron chi connectivity index (χ2n) is 4.21. The molecule has 0 aliphatic carbocycles. The summed E-state index contributed by atoms with van der Waals surface area (Å²) >= 11 is 0. The van der Waals surface area contributed by atoms with E-state index in [0.717, 1.165) is 17.8 Å². The van der Waals surface area contributed by atoms with E-state index in [1.807, 2.05) is 12.1 Å². The third-order valence-corrected chi connectivity index (χ3v) is 2.80. The van der Waals surface area contributed by atoms with Crippen molar-refractivity contribution in [2.75, 3.05) is 5.32 Å². The van der Waals surface area contributed by atoms with Crippen LogP contribution >= 0.6 is 0 Å². The maximum Gasteiger partial charge on any atom is 0.0460 e. The van der Waals surface area contributed by atoms with Crippen LogP contribution in [0.4, 0.5) is 11.4 Å². The number of allylic oxidation sites excluding steroid dienone is 1. The molecule has 2 nitrogen and oxygen atoms in total. The predicted molar refractivity (Wildman–Crippen MR) is 78.0 cm³/mol. The minimum atomic E-state index is 1.04. The van der Waals surface area contributed by atoms with E-state index < -0.39 is 0 Å². The second-order valence-corrected chi connectivity index (χ2v) is 4.21. The molecule has 1 aromatic carbocycles. The van der Waals surface area contributed by atoms with Gasteiger partial charge in [-0.1, -0.05) is 31.2 Å². The van der Waals surface area contributed by atoms with E-state index in [2.05, 4.69) is 54.5 Å². The lowest BCUT2D eigenvalue weighted by Gasteiger charge is -2.11. The Morgan fingerprint density at radius 3 is 2.67 bits per heavy atom. The Morgan fingerprint density at radius 2 is 1.94 bits per heavy atom. The van der Waals surface area contributed by atoms with Gasteiger partial charge in [-0.05, 0) is 37.1 Å². The Kier molecular flexibility index (Phi) is 4.13. The van der Waals surface area contributed by atoms with Gasteiger partial charge in [-0.3, -0.25) is 4.98 Å². The molecule has 0 saturated carbocycles. The molecule has 2 heteroatoms. The molecule has 0 fully saturated rings. The second kappa shape index (κ2) is 6.01. The van der Waals surface area contributed by atoms with Crippen LogP contribution in [0.1, 0.15) is 24.5 Å². The molecule has 0 bridgehead atoms. The minimum absolute atomic E-state index is 1.04. The molecule has 1 heterocycles. The molecule has 18 heavy (non-hydrogen) atoms. The van der Waals surface area contributed by atoms with Crippen LogP contribution in [0.3, 0.4) is 0 Å². The Bertz CT molecular complexity index is 530. The predicted octanol–water partition coefficient (Wildman–Crippen LogP) is 4.56. The maximum absolute atomic E-state index is 4.02. The quantitative estimate of drug-likeness (QED) is 0.844. The number of hydrogen-bond acceptors (Lipinski definition) is 2. The van der Waals surface area contributed by atoms with E-state index in [1.165, 1.54) is 11.1 Å². The zero-order chi connectivity index (χ0) is 12.8. The van der Waals surface area contributed by atoms with E-state index in [-0.39, 0.29) is 0 Å². The zero-order valence-electron chi connectivity index (χ0n) is 10.9. The fourth-order valence-electron chi connectivity index (χ4n) is 1.84. The van der Waals surface area contributed by atoms with Crippen molar-refractivity contribution >= 4 is 17.5 Å². The summed E-state index contributed by atoms with van der Waals surface area (Å²) in [7, 11) is 0. The SMILES string of the molecule is CC/C=C\c1c(C)cccc1Nc1ccncc1. The van der Waals surface area contributed by atoms with Gasteiger partial charge in [0.05, 0.1) is 0 Å². The van der Waals surface area contributed by atoms with Gasteiger partial charge in [0.15, 0.2) is 0 Å². The van der Waals surface area contributed by atoms with Crippen LogP contribution < -0.4 is 5.32 Å². The van der Waals surface area contributed by atoms with Gasteiger partial charge in [-0.25, -0.2) is 0 Å². The first-order valence-electron chi connectivity index (χ1n) is 6.24. The van der Waals surface area contributed by atoms with Crippen molar-refractivity contribution < 1.29 is 0 Å². The number of pyridine rings is 1. The Morgan fingerprint density at radius 1 is 1.17 bits per heavy atom. The Hall–Kier alpha value is -2.09. The molecule has 2 rings (SSSR count). The number of aromatic nitrogens is 1. The van der Waals surface area contributed by atoms with Crippen molar-refractivity contribution in [2.45, 2.75) is 20.3 Å². The highest BCUT2D eigenvalue weighted by Gasteiger charge is 2.02. The third kappa shape index (κ3) is 2.98. The molecule has 0 saturated heterocycles. The fourth-order valence-corrected chi connectivity index (χ4v) is 1.84. The van der Waals surface area contributed by atoms with Crippen molar-refractivity contribution in [3.05, 3.63) is 59.9 Å². The fraction of sp³-hybridized carbons (Fsp3) is 0.188. The van der Waals surface area contributed by atoms with Gasteiger partial charge in [0.1, 0.15) is 0 Å². The van der Waals surface area contributed by atoms with Crippen molar-refractivity contribution in [1.29, 1.82) is 0 Å². The molecule has 1 aromatic heterocycles. The van der Waals surface area contributed by atoms with Crippen LogP contribution in [0.15, 0.2) is 48.8 Å². The molecular formula is C16H18N2. The normalized spacial score (nSPS) is 10.8. The first kappa shape index (κ1) is 12.4. The van der Waals surface area contributed by atoms with Gasteiger partial charge >= 0.3 is 0 Å². The Balaban J connectivity index is 2.33. The topological polar surface area (TPSA) is 24.9 Å². The molecule has 2 aromatic rings. The number of aryl methyl sites for hydroxylation is 1. The molecular weight excluding hydrogens is 220 g/mol. The number of benzene rings is 1. The lowest BCUT2D eigenvalue weighted by atomic mass is 10.1. The summed E-state index contributed by atoms with van der Waals surface area (Å²) in [5.74, 6) is 0. The number of anilines is 2. The highest BCUT2D eigenvalue weighted by molar-refractivity contribution is 5.73. The summed E-state index contributed by atoms with van der Waals surface area (Å²) in [6.07, 6.45) is 8.99. The van der Waals surface area contributed by atoms with Crippen LogP contribution in [0.5, 0.6) is 0 Å². The van der Waals surface area contributed by atoms with Crippen LogP contribution in [-0.4, -0.2) is 4.98 Å². The summed E-state index contributed by atoms with van der Waals surface area (Å²) in [5, 5.41) is 3.43. The summed E-state index contributed by atoms with van der Waals surface area (Å²) in [4.78, 5) is 4.02. The van der Waals surface area contributed by atoms with E-state index in [0.29, 0.717) is 0 Å². The largest absolute Gasteiger partial charge is 0.355 e.